The molecule has 2 rings (SSSR count). The Labute approximate surface area is 142 Å². The fourth-order valence-corrected chi connectivity index (χ4v) is 3.51. The Bertz CT molecular complexity index is 593. The number of hydrogen-bond acceptors (Lipinski definition) is 2. The van der Waals surface area contributed by atoms with Gasteiger partial charge in [0.05, 0.1) is 15.9 Å². The Morgan fingerprint density at radius 3 is 2.38 bits per heavy atom. The summed E-state index contributed by atoms with van der Waals surface area (Å²) in [5, 5.41) is 14.2. The van der Waals surface area contributed by atoms with Crippen molar-refractivity contribution < 1.29 is 5.11 Å². The van der Waals surface area contributed by atoms with E-state index in [-0.39, 0.29) is 12.5 Å². The van der Waals surface area contributed by atoms with Gasteiger partial charge in [-0.1, -0.05) is 35.0 Å². The van der Waals surface area contributed by atoms with Crippen LogP contribution < -0.4 is 0 Å². The lowest BCUT2D eigenvalue weighted by Crippen LogP contribution is -2.15. The molecule has 0 aliphatic carbocycles. The highest BCUT2D eigenvalue weighted by molar-refractivity contribution is 9.10. The van der Waals surface area contributed by atoms with Crippen molar-refractivity contribution in [2.45, 2.75) is 26.2 Å². The minimum absolute atomic E-state index is 0.176. The van der Waals surface area contributed by atoms with Gasteiger partial charge in [0, 0.05) is 18.1 Å². The zero-order valence-electron chi connectivity index (χ0n) is 12.3. The summed E-state index contributed by atoms with van der Waals surface area (Å²) in [5.41, 5.74) is 3.47. The van der Waals surface area contributed by atoms with E-state index in [2.05, 4.69) is 56.0 Å². The monoisotopic (exact) mass is 414 g/mol. The molecule has 0 amide bonds. The first kappa shape index (κ1) is 16.7. The molecule has 5 heteroatoms. The molecule has 0 aliphatic heterocycles. The maximum absolute atomic E-state index is 9.69. The average molecular weight is 416 g/mol. The van der Waals surface area contributed by atoms with Crippen molar-refractivity contribution in [1.82, 2.24) is 9.78 Å². The molecule has 1 aromatic carbocycles. The van der Waals surface area contributed by atoms with E-state index >= 15 is 0 Å². The second-order valence-corrected chi connectivity index (χ2v) is 6.98. The van der Waals surface area contributed by atoms with Gasteiger partial charge in [0.1, 0.15) is 0 Å². The van der Waals surface area contributed by atoms with Crippen molar-refractivity contribution in [3.8, 4) is 0 Å². The summed E-state index contributed by atoms with van der Waals surface area (Å²) in [6.07, 6.45) is 2.59. The van der Waals surface area contributed by atoms with E-state index in [0.717, 1.165) is 39.6 Å². The molecule has 3 nitrogen and oxygen atoms in total. The summed E-state index contributed by atoms with van der Waals surface area (Å²) in [4.78, 5) is 0. The molecular weight excluding hydrogens is 396 g/mol. The van der Waals surface area contributed by atoms with E-state index < -0.39 is 0 Å². The molecule has 114 valence electrons. The van der Waals surface area contributed by atoms with Crippen LogP contribution in [0.3, 0.4) is 0 Å². The number of aryl methyl sites for hydroxylation is 2. The standard InChI is InChI=1S/C16H20Br2N2O/c1-3-14-16(18)15(20(2)19-14)9-12(10-21)8-11-4-6-13(17)7-5-11/h4-7,12,21H,3,8-10H2,1-2H3. The molecule has 0 radical (unpaired) electrons. The molecule has 1 aromatic heterocycles. The molecule has 21 heavy (non-hydrogen) atoms. The third-order valence-electron chi connectivity index (χ3n) is 3.68. The van der Waals surface area contributed by atoms with Gasteiger partial charge in [-0.3, -0.25) is 4.68 Å². The molecule has 2 aromatic rings. The van der Waals surface area contributed by atoms with Crippen molar-refractivity contribution in [1.29, 1.82) is 0 Å². The van der Waals surface area contributed by atoms with Gasteiger partial charge in [-0.15, -0.1) is 0 Å². The Morgan fingerprint density at radius 2 is 1.86 bits per heavy atom. The van der Waals surface area contributed by atoms with Crippen molar-refractivity contribution in [2.24, 2.45) is 13.0 Å². The summed E-state index contributed by atoms with van der Waals surface area (Å²) in [7, 11) is 1.97. The van der Waals surface area contributed by atoms with E-state index in [1.165, 1.54) is 5.56 Å². The number of aliphatic hydroxyl groups excluding tert-OH is 1. The van der Waals surface area contributed by atoms with Crippen LogP contribution in [-0.4, -0.2) is 21.5 Å². The predicted octanol–water partition coefficient (Wildman–Crippen LogP) is 3.90. The predicted molar refractivity (Wildman–Crippen MR) is 92.4 cm³/mol. The van der Waals surface area contributed by atoms with Gasteiger partial charge in [0.25, 0.3) is 0 Å². The molecule has 0 spiro atoms. The maximum atomic E-state index is 9.69. The first-order valence-corrected chi connectivity index (χ1v) is 8.69. The van der Waals surface area contributed by atoms with Gasteiger partial charge in [-0.05, 0) is 58.8 Å². The fraction of sp³-hybridized carbons (Fsp3) is 0.438. The number of halogens is 2. The molecule has 0 fully saturated rings. The zero-order valence-corrected chi connectivity index (χ0v) is 15.5. The van der Waals surface area contributed by atoms with Gasteiger partial charge in [-0.2, -0.15) is 5.10 Å². The van der Waals surface area contributed by atoms with Gasteiger partial charge in [-0.25, -0.2) is 0 Å². The smallest absolute Gasteiger partial charge is 0.0766 e. The van der Waals surface area contributed by atoms with Crippen molar-refractivity contribution in [3.63, 3.8) is 0 Å². The van der Waals surface area contributed by atoms with Crippen LogP contribution in [0.4, 0.5) is 0 Å². The number of benzene rings is 1. The van der Waals surface area contributed by atoms with Crippen molar-refractivity contribution in [3.05, 3.63) is 50.2 Å². The van der Waals surface area contributed by atoms with E-state index in [0.29, 0.717) is 0 Å². The number of aliphatic hydroxyl groups is 1. The maximum Gasteiger partial charge on any atom is 0.0766 e. The summed E-state index contributed by atoms with van der Waals surface area (Å²) in [6.45, 7) is 2.28. The summed E-state index contributed by atoms with van der Waals surface area (Å²) in [6, 6.07) is 8.28. The topological polar surface area (TPSA) is 38.0 Å². The Morgan fingerprint density at radius 1 is 1.19 bits per heavy atom. The second kappa shape index (κ2) is 7.56. The molecule has 0 aliphatic rings. The number of aromatic nitrogens is 2. The van der Waals surface area contributed by atoms with Gasteiger partial charge >= 0.3 is 0 Å². The van der Waals surface area contributed by atoms with Crippen LogP contribution in [0.2, 0.25) is 0 Å². The molecule has 1 N–H and O–H groups in total. The second-order valence-electron chi connectivity index (χ2n) is 5.27. The summed E-state index contributed by atoms with van der Waals surface area (Å²) in [5.74, 6) is 0.197. The van der Waals surface area contributed by atoms with E-state index in [9.17, 15) is 5.11 Å². The van der Waals surface area contributed by atoms with Crippen molar-refractivity contribution in [2.75, 3.05) is 6.61 Å². The van der Waals surface area contributed by atoms with E-state index in [4.69, 9.17) is 0 Å². The first-order valence-electron chi connectivity index (χ1n) is 7.10. The lowest BCUT2D eigenvalue weighted by Gasteiger charge is -2.15. The molecule has 1 unspecified atom stereocenters. The highest BCUT2D eigenvalue weighted by atomic mass is 79.9. The van der Waals surface area contributed by atoms with Gasteiger partial charge in [0.15, 0.2) is 0 Å². The number of nitrogens with zero attached hydrogens (tertiary/aromatic N) is 2. The van der Waals surface area contributed by atoms with Crippen molar-refractivity contribution >= 4 is 31.9 Å². The van der Waals surface area contributed by atoms with Crippen LogP contribution in [0.25, 0.3) is 0 Å². The molecule has 1 atom stereocenters. The number of hydrogen-bond donors (Lipinski definition) is 1. The third-order valence-corrected chi connectivity index (χ3v) is 5.12. The normalized spacial score (nSPS) is 12.6. The van der Waals surface area contributed by atoms with Gasteiger partial charge < -0.3 is 5.11 Å². The van der Waals surface area contributed by atoms with E-state index in [1.54, 1.807) is 0 Å². The van der Waals surface area contributed by atoms with Crippen LogP contribution in [0.1, 0.15) is 23.9 Å². The molecule has 0 saturated heterocycles. The molecule has 0 bridgehead atoms. The average Bonchev–Trinajstić information content (AvgIpc) is 2.75. The van der Waals surface area contributed by atoms with E-state index in [1.807, 2.05) is 23.9 Å². The molecule has 0 saturated carbocycles. The fourth-order valence-electron chi connectivity index (χ4n) is 2.47. The minimum Gasteiger partial charge on any atom is -0.396 e. The lowest BCUT2D eigenvalue weighted by atomic mass is 9.95. The highest BCUT2D eigenvalue weighted by Crippen LogP contribution is 2.25. The van der Waals surface area contributed by atoms with Gasteiger partial charge in [0.2, 0.25) is 0 Å². The molecular formula is C16H20Br2N2O. The minimum atomic E-state index is 0.176. The van der Waals surface area contributed by atoms with Crippen LogP contribution in [-0.2, 0) is 26.3 Å². The zero-order chi connectivity index (χ0) is 15.4. The summed E-state index contributed by atoms with van der Waals surface area (Å²) >= 11 is 7.09. The Hall–Kier alpha value is -0.650. The third kappa shape index (κ3) is 4.18. The quantitative estimate of drug-likeness (QED) is 0.776. The van der Waals surface area contributed by atoms with Crippen LogP contribution in [0.15, 0.2) is 33.2 Å². The Kier molecular flexibility index (Phi) is 6.02. The van der Waals surface area contributed by atoms with Crippen LogP contribution in [0, 0.1) is 5.92 Å². The first-order chi connectivity index (χ1) is 10.0. The summed E-state index contributed by atoms with van der Waals surface area (Å²) < 4.78 is 4.09. The molecule has 1 heterocycles. The lowest BCUT2D eigenvalue weighted by molar-refractivity contribution is 0.223. The van der Waals surface area contributed by atoms with Crippen LogP contribution >= 0.6 is 31.9 Å². The highest BCUT2D eigenvalue weighted by Gasteiger charge is 2.17. The largest absolute Gasteiger partial charge is 0.396 e. The number of rotatable bonds is 6. The SMILES string of the molecule is CCc1nn(C)c(CC(CO)Cc2ccc(Br)cc2)c1Br. The Balaban J connectivity index is 2.12. The van der Waals surface area contributed by atoms with Crippen LogP contribution in [0.5, 0.6) is 0 Å².